The fourth-order valence-electron chi connectivity index (χ4n) is 3.65. The number of carbonyl (C=O) groups excluding carboxylic acids is 2. The van der Waals surface area contributed by atoms with Crippen molar-refractivity contribution in [1.82, 2.24) is 9.91 Å². The number of carbonyl (C=O) groups is 2. The molecule has 0 saturated carbocycles. The van der Waals surface area contributed by atoms with Crippen molar-refractivity contribution in [2.45, 2.75) is 58.5 Å². The summed E-state index contributed by atoms with van der Waals surface area (Å²) in [7, 11) is 0. The second-order valence-corrected chi connectivity index (χ2v) is 8.63. The Hall–Kier alpha value is -2.37. The van der Waals surface area contributed by atoms with Crippen LogP contribution in [-0.2, 0) is 9.53 Å². The van der Waals surface area contributed by atoms with E-state index in [4.69, 9.17) is 4.74 Å². The van der Waals surface area contributed by atoms with Crippen molar-refractivity contribution in [2.75, 3.05) is 19.6 Å². The molecule has 1 aromatic carbocycles. The summed E-state index contributed by atoms with van der Waals surface area (Å²) in [6.45, 7) is 7.73. The number of hydrogen-bond acceptors (Lipinski definition) is 4. The van der Waals surface area contributed by atoms with E-state index in [1.165, 1.54) is 0 Å². The van der Waals surface area contributed by atoms with Gasteiger partial charge in [0.25, 0.3) is 0 Å². The third-order valence-electron chi connectivity index (χ3n) is 5.23. The lowest BCUT2D eigenvalue weighted by molar-refractivity contribution is -0.132. The fourth-order valence-corrected chi connectivity index (χ4v) is 3.65. The first-order valence-electron chi connectivity index (χ1n) is 10.2. The summed E-state index contributed by atoms with van der Waals surface area (Å²) < 4.78 is 5.45. The number of benzene rings is 1. The van der Waals surface area contributed by atoms with E-state index in [1.807, 2.05) is 51.1 Å². The molecule has 28 heavy (non-hydrogen) atoms. The topological polar surface area (TPSA) is 62.2 Å². The summed E-state index contributed by atoms with van der Waals surface area (Å²) in [5.41, 5.74) is 1.61. The lowest BCUT2D eigenvalue weighted by atomic mass is 9.93. The van der Waals surface area contributed by atoms with Crippen LogP contribution in [0.15, 0.2) is 35.4 Å². The first-order valence-corrected chi connectivity index (χ1v) is 10.2. The molecule has 6 heteroatoms. The van der Waals surface area contributed by atoms with Crippen LogP contribution < -0.4 is 0 Å². The summed E-state index contributed by atoms with van der Waals surface area (Å²) in [6, 6.07) is 10.1. The Morgan fingerprint density at radius 1 is 1.14 bits per heavy atom. The third-order valence-corrected chi connectivity index (χ3v) is 5.23. The van der Waals surface area contributed by atoms with Gasteiger partial charge in [0.1, 0.15) is 5.60 Å². The molecule has 0 aliphatic carbocycles. The average Bonchev–Trinajstić information content (AvgIpc) is 2.67. The Morgan fingerprint density at radius 3 is 2.46 bits per heavy atom. The van der Waals surface area contributed by atoms with Gasteiger partial charge in [-0.1, -0.05) is 30.3 Å². The second-order valence-electron chi connectivity index (χ2n) is 8.63. The van der Waals surface area contributed by atoms with Gasteiger partial charge in [0, 0.05) is 32.5 Å². The Kier molecular flexibility index (Phi) is 6.37. The Labute approximate surface area is 167 Å². The van der Waals surface area contributed by atoms with Gasteiger partial charge in [0.05, 0.1) is 5.71 Å². The lowest BCUT2D eigenvalue weighted by Gasteiger charge is -2.34. The Bertz CT molecular complexity index is 716. The van der Waals surface area contributed by atoms with Crippen LogP contribution in [0.5, 0.6) is 0 Å². The molecule has 1 saturated heterocycles. The minimum atomic E-state index is -0.461. The van der Waals surface area contributed by atoms with Crippen LogP contribution in [0.1, 0.15) is 58.4 Å². The third kappa shape index (κ3) is 5.57. The van der Waals surface area contributed by atoms with Crippen molar-refractivity contribution >= 4 is 17.7 Å². The van der Waals surface area contributed by atoms with Gasteiger partial charge in [-0.3, -0.25) is 4.79 Å². The van der Waals surface area contributed by atoms with E-state index in [0.29, 0.717) is 38.4 Å². The molecule has 0 bridgehead atoms. The van der Waals surface area contributed by atoms with Crippen LogP contribution >= 0.6 is 0 Å². The molecule has 0 unspecified atom stereocenters. The molecule has 2 amide bonds. The molecule has 2 aliphatic rings. The van der Waals surface area contributed by atoms with E-state index in [-0.39, 0.29) is 12.0 Å². The Morgan fingerprint density at radius 2 is 1.82 bits per heavy atom. The molecule has 0 spiro atoms. The van der Waals surface area contributed by atoms with Crippen molar-refractivity contribution in [3.05, 3.63) is 35.9 Å². The van der Waals surface area contributed by atoms with E-state index < -0.39 is 5.60 Å². The Balaban J connectivity index is 1.49. The van der Waals surface area contributed by atoms with E-state index >= 15 is 0 Å². The molecule has 152 valence electrons. The number of nitrogens with zero attached hydrogens (tertiary/aromatic N) is 3. The minimum Gasteiger partial charge on any atom is -0.444 e. The minimum absolute atomic E-state index is 0.103. The summed E-state index contributed by atoms with van der Waals surface area (Å²) in [5.74, 6) is 0.606. The molecule has 0 N–H and O–H groups in total. The number of rotatable bonds is 4. The molecule has 2 heterocycles. The van der Waals surface area contributed by atoms with Crippen molar-refractivity contribution in [1.29, 1.82) is 0 Å². The van der Waals surface area contributed by atoms with Crippen molar-refractivity contribution in [3.63, 3.8) is 0 Å². The van der Waals surface area contributed by atoms with E-state index in [0.717, 1.165) is 30.5 Å². The molecule has 2 aliphatic heterocycles. The molecular formula is C22H31N3O3. The molecule has 0 atom stereocenters. The highest BCUT2D eigenvalue weighted by atomic mass is 16.6. The van der Waals surface area contributed by atoms with Gasteiger partial charge in [0.2, 0.25) is 5.91 Å². The largest absolute Gasteiger partial charge is 0.444 e. The lowest BCUT2D eigenvalue weighted by Crippen LogP contribution is -2.42. The summed E-state index contributed by atoms with van der Waals surface area (Å²) in [5, 5.41) is 6.26. The monoisotopic (exact) mass is 385 g/mol. The van der Waals surface area contributed by atoms with Crippen molar-refractivity contribution in [3.8, 4) is 0 Å². The van der Waals surface area contributed by atoms with Crippen LogP contribution in [0, 0.1) is 5.92 Å². The number of ether oxygens (including phenoxy) is 1. The first kappa shape index (κ1) is 20.4. The maximum atomic E-state index is 12.3. The smallest absolute Gasteiger partial charge is 0.410 e. The highest BCUT2D eigenvalue weighted by molar-refractivity contribution is 6.04. The molecule has 3 rings (SSSR count). The predicted octanol–water partition coefficient (Wildman–Crippen LogP) is 4.05. The maximum absolute atomic E-state index is 12.3. The van der Waals surface area contributed by atoms with Crippen molar-refractivity contribution in [2.24, 2.45) is 11.0 Å². The molecule has 0 radical (unpaired) electrons. The summed E-state index contributed by atoms with van der Waals surface area (Å²) >= 11 is 0. The van der Waals surface area contributed by atoms with Crippen molar-refractivity contribution < 1.29 is 14.3 Å². The van der Waals surface area contributed by atoms with Gasteiger partial charge in [-0.05, 0) is 51.5 Å². The zero-order chi connectivity index (χ0) is 20.1. The number of hydrogen-bond donors (Lipinski definition) is 0. The van der Waals surface area contributed by atoms with E-state index in [9.17, 15) is 9.59 Å². The zero-order valence-electron chi connectivity index (χ0n) is 17.2. The number of likely N-dealkylation sites (tertiary alicyclic amines) is 1. The maximum Gasteiger partial charge on any atom is 0.410 e. The predicted molar refractivity (Wildman–Crippen MR) is 109 cm³/mol. The van der Waals surface area contributed by atoms with Crippen LogP contribution in [0.25, 0.3) is 0 Å². The van der Waals surface area contributed by atoms with Gasteiger partial charge in [0.15, 0.2) is 0 Å². The standard InChI is InChI=1S/C22H31N3O3/c1-22(2,3)28-21(27)24-14-11-17(12-15-24)13-16-25-20(26)10-9-19(23-25)18-7-5-4-6-8-18/h4-8,17H,9-16H2,1-3H3. The fraction of sp³-hybridized carbons (Fsp3) is 0.591. The van der Waals surface area contributed by atoms with Gasteiger partial charge in [-0.2, -0.15) is 5.10 Å². The normalized spacial score (nSPS) is 18.8. The highest BCUT2D eigenvalue weighted by Gasteiger charge is 2.28. The molecule has 0 aromatic heterocycles. The second kappa shape index (κ2) is 8.76. The van der Waals surface area contributed by atoms with Gasteiger partial charge in [-0.15, -0.1) is 0 Å². The molecule has 1 aromatic rings. The molecule has 6 nitrogen and oxygen atoms in total. The zero-order valence-corrected chi connectivity index (χ0v) is 17.2. The van der Waals surface area contributed by atoms with E-state index in [1.54, 1.807) is 9.91 Å². The van der Waals surface area contributed by atoms with Gasteiger partial charge < -0.3 is 9.64 Å². The summed E-state index contributed by atoms with van der Waals surface area (Å²) in [6.07, 6.45) is 3.79. The number of hydrazone groups is 1. The molecular weight excluding hydrogens is 354 g/mol. The van der Waals surface area contributed by atoms with Crippen LogP contribution in [0.4, 0.5) is 4.79 Å². The van der Waals surface area contributed by atoms with Crippen LogP contribution in [0.3, 0.4) is 0 Å². The number of piperidine rings is 1. The van der Waals surface area contributed by atoms with Crippen LogP contribution in [0.2, 0.25) is 0 Å². The quantitative estimate of drug-likeness (QED) is 0.785. The molecule has 1 fully saturated rings. The van der Waals surface area contributed by atoms with Gasteiger partial charge >= 0.3 is 6.09 Å². The highest BCUT2D eigenvalue weighted by Crippen LogP contribution is 2.24. The van der Waals surface area contributed by atoms with Crippen LogP contribution in [-0.4, -0.2) is 52.9 Å². The number of amides is 2. The van der Waals surface area contributed by atoms with E-state index in [2.05, 4.69) is 5.10 Å². The SMILES string of the molecule is CC(C)(C)OC(=O)N1CCC(CCN2N=C(c3ccccc3)CCC2=O)CC1. The first-order chi connectivity index (χ1) is 13.3. The van der Waals surface area contributed by atoms with Gasteiger partial charge in [-0.25, -0.2) is 9.80 Å². The average molecular weight is 386 g/mol. The summed E-state index contributed by atoms with van der Waals surface area (Å²) in [4.78, 5) is 26.2.